The Kier molecular flexibility index (Phi) is 3.02. The zero-order chi connectivity index (χ0) is 10.6. The van der Waals surface area contributed by atoms with Gasteiger partial charge in [-0.1, -0.05) is 0 Å². The highest BCUT2D eigenvalue weighted by molar-refractivity contribution is 5.89. The summed E-state index contributed by atoms with van der Waals surface area (Å²) in [5.41, 5.74) is 0.392. The summed E-state index contributed by atoms with van der Waals surface area (Å²) in [4.78, 5) is 14.8. The van der Waals surface area contributed by atoms with Gasteiger partial charge in [0.2, 0.25) is 0 Å². The van der Waals surface area contributed by atoms with Crippen LogP contribution in [-0.4, -0.2) is 25.2 Å². The lowest BCUT2D eigenvalue weighted by Gasteiger charge is -2.03. The lowest BCUT2D eigenvalue weighted by Crippen LogP contribution is -2.03. The quantitative estimate of drug-likeness (QED) is 0.646. The van der Waals surface area contributed by atoms with Crippen LogP contribution in [0.4, 0.5) is 0 Å². The smallest absolute Gasteiger partial charge is 0.339 e. The largest absolute Gasteiger partial charge is 0.494 e. The first-order valence-corrected chi connectivity index (χ1v) is 3.75. The van der Waals surface area contributed by atoms with E-state index in [0.717, 1.165) is 0 Å². The Morgan fingerprint density at radius 2 is 2.29 bits per heavy atom. The Morgan fingerprint density at radius 3 is 2.79 bits per heavy atom. The standard InChI is InChI=1S/C9H8N2O3/c1-13-8-3-6(9(12)14-2)5-11-7(8)4-10/h3,5H,1-2H3. The molecule has 0 unspecified atom stereocenters. The van der Waals surface area contributed by atoms with Crippen molar-refractivity contribution in [2.75, 3.05) is 14.2 Å². The Balaban J connectivity index is 3.15. The number of carbonyl (C=O) groups excluding carboxylic acids is 1. The van der Waals surface area contributed by atoms with Crippen LogP contribution in [0.25, 0.3) is 0 Å². The van der Waals surface area contributed by atoms with Gasteiger partial charge in [0.1, 0.15) is 6.07 Å². The molecule has 1 heterocycles. The Bertz CT molecular complexity index is 396. The van der Waals surface area contributed by atoms with E-state index in [1.54, 1.807) is 0 Å². The summed E-state index contributed by atoms with van der Waals surface area (Å²) >= 11 is 0. The molecule has 1 aromatic rings. The van der Waals surface area contributed by atoms with Crippen LogP contribution in [0.1, 0.15) is 16.1 Å². The molecular formula is C9H8N2O3. The zero-order valence-corrected chi connectivity index (χ0v) is 7.77. The zero-order valence-electron chi connectivity index (χ0n) is 7.77. The van der Waals surface area contributed by atoms with Crippen LogP contribution in [0.15, 0.2) is 12.3 Å². The predicted molar refractivity (Wildman–Crippen MR) is 46.8 cm³/mol. The molecular weight excluding hydrogens is 184 g/mol. The lowest BCUT2D eigenvalue weighted by atomic mass is 10.2. The van der Waals surface area contributed by atoms with Crippen molar-refractivity contribution < 1.29 is 14.3 Å². The maximum absolute atomic E-state index is 11.1. The number of nitrogens with zero attached hydrogens (tertiary/aromatic N) is 2. The fraction of sp³-hybridized carbons (Fsp3) is 0.222. The molecule has 72 valence electrons. The second-order valence-electron chi connectivity index (χ2n) is 2.38. The number of methoxy groups -OCH3 is 2. The number of rotatable bonds is 2. The number of esters is 1. The molecule has 0 saturated carbocycles. The molecule has 0 aliphatic carbocycles. The maximum atomic E-state index is 11.1. The number of aromatic nitrogens is 1. The molecule has 0 aliphatic heterocycles. The number of pyridine rings is 1. The molecule has 0 atom stereocenters. The minimum atomic E-state index is -0.514. The van der Waals surface area contributed by atoms with Gasteiger partial charge in [-0.3, -0.25) is 0 Å². The van der Waals surface area contributed by atoms with Crippen LogP contribution in [-0.2, 0) is 4.74 Å². The third kappa shape index (κ3) is 1.80. The number of hydrogen-bond acceptors (Lipinski definition) is 5. The van der Waals surface area contributed by atoms with Crippen LogP contribution in [0.3, 0.4) is 0 Å². The van der Waals surface area contributed by atoms with E-state index < -0.39 is 5.97 Å². The van der Waals surface area contributed by atoms with E-state index in [4.69, 9.17) is 10.00 Å². The van der Waals surface area contributed by atoms with Crippen LogP contribution < -0.4 is 4.74 Å². The molecule has 0 saturated heterocycles. The predicted octanol–water partition coefficient (Wildman–Crippen LogP) is 0.748. The molecule has 1 rings (SSSR count). The van der Waals surface area contributed by atoms with Crippen molar-refractivity contribution in [1.29, 1.82) is 5.26 Å². The van der Waals surface area contributed by atoms with Gasteiger partial charge in [-0.05, 0) is 6.07 Å². The van der Waals surface area contributed by atoms with E-state index in [0.29, 0.717) is 0 Å². The first-order valence-electron chi connectivity index (χ1n) is 3.75. The molecule has 5 heteroatoms. The third-order valence-corrected chi connectivity index (χ3v) is 1.60. The number of hydrogen-bond donors (Lipinski definition) is 0. The number of carbonyl (C=O) groups is 1. The monoisotopic (exact) mass is 192 g/mol. The van der Waals surface area contributed by atoms with E-state index in [-0.39, 0.29) is 17.0 Å². The highest BCUT2D eigenvalue weighted by Crippen LogP contribution is 2.16. The minimum absolute atomic E-state index is 0.139. The normalized spacial score (nSPS) is 8.93. The van der Waals surface area contributed by atoms with Crippen molar-refractivity contribution in [1.82, 2.24) is 4.98 Å². The average Bonchev–Trinajstić information content (AvgIpc) is 2.26. The molecule has 0 bridgehead atoms. The van der Waals surface area contributed by atoms with E-state index in [1.807, 2.05) is 6.07 Å². The van der Waals surface area contributed by atoms with Crippen LogP contribution in [0.2, 0.25) is 0 Å². The molecule has 0 N–H and O–H groups in total. The summed E-state index contributed by atoms with van der Waals surface area (Å²) in [5.74, 6) is -0.254. The summed E-state index contributed by atoms with van der Waals surface area (Å²) in [5, 5.41) is 8.63. The summed E-state index contributed by atoms with van der Waals surface area (Å²) in [6.07, 6.45) is 1.27. The van der Waals surface area contributed by atoms with Gasteiger partial charge in [-0.25, -0.2) is 9.78 Å². The van der Waals surface area contributed by atoms with E-state index in [1.165, 1.54) is 26.5 Å². The Labute approximate surface area is 80.9 Å². The second kappa shape index (κ2) is 4.23. The highest BCUT2D eigenvalue weighted by atomic mass is 16.5. The number of nitriles is 1. The van der Waals surface area contributed by atoms with Crippen molar-refractivity contribution in [3.63, 3.8) is 0 Å². The first kappa shape index (κ1) is 9.99. The molecule has 5 nitrogen and oxygen atoms in total. The highest BCUT2D eigenvalue weighted by Gasteiger charge is 2.10. The summed E-state index contributed by atoms with van der Waals surface area (Å²) in [6.45, 7) is 0. The lowest BCUT2D eigenvalue weighted by molar-refractivity contribution is 0.0600. The Morgan fingerprint density at radius 1 is 1.57 bits per heavy atom. The van der Waals surface area contributed by atoms with Crippen molar-refractivity contribution in [2.24, 2.45) is 0 Å². The molecule has 0 amide bonds. The molecule has 0 fully saturated rings. The van der Waals surface area contributed by atoms with Gasteiger partial charge < -0.3 is 9.47 Å². The fourth-order valence-corrected chi connectivity index (χ4v) is 0.914. The minimum Gasteiger partial charge on any atom is -0.494 e. The van der Waals surface area contributed by atoms with Crippen LogP contribution >= 0.6 is 0 Å². The maximum Gasteiger partial charge on any atom is 0.339 e. The Hall–Kier alpha value is -2.09. The van der Waals surface area contributed by atoms with Crippen molar-refractivity contribution in [2.45, 2.75) is 0 Å². The average molecular weight is 192 g/mol. The SMILES string of the molecule is COC(=O)c1cnc(C#N)c(OC)c1. The number of ether oxygens (including phenoxy) is 2. The second-order valence-corrected chi connectivity index (χ2v) is 2.38. The van der Waals surface area contributed by atoms with Crippen molar-refractivity contribution >= 4 is 5.97 Å². The van der Waals surface area contributed by atoms with Gasteiger partial charge in [0.15, 0.2) is 11.4 Å². The van der Waals surface area contributed by atoms with Gasteiger partial charge in [0.05, 0.1) is 19.8 Å². The van der Waals surface area contributed by atoms with E-state index in [9.17, 15) is 4.79 Å². The van der Waals surface area contributed by atoms with Gasteiger partial charge in [0, 0.05) is 6.20 Å². The van der Waals surface area contributed by atoms with Gasteiger partial charge in [-0.15, -0.1) is 0 Å². The molecule has 0 radical (unpaired) electrons. The first-order chi connectivity index (χ1) is 6.72. The van der Waals surface area contributed by atoms with Crippen molar-refractivity contribution in [3.05, 3.63) is 23.5 Å². The van der Waals surface area contributed by atoms with E-state index in [2.05, 4.69) is 9.72 Å². The molecule has 1 aromatic heterocycles. The van der Waals surface area contributed by atoms with Crippen LogP contribution in [0, 0.1) is 11.3 Å². The molecule has 0 aromatic carbocycles. The van der Waals surface area contributed by atoms with Gasteiger partial charge >= 0.3 is 5.97 Å². The van der Waals surface area contributed by atoms with E-state index >= 15 is 0 Å². The molecule has 0 spiro atoms. The topological polar surface area (TPSA) is 72.2 Å². The summed E-state index contributed by atoms with van der Waals surface area (Å²) in [6, 6.07) is 3.26. The fourth-order valence-electron chi connectivity index (χ4n) is 0.914. The summed E-state index contributed by atoms with van der Waals surface area (Å²) < 4.78 is 9.37. The molecule has 0 aliphatic rings. The third-order valence-electron chi connectivity index (χ3n) is 1.60. The molecule has 14 heavy (non-hydrogen) atoms. The van der Waals surface area contributed by atoms with Crippen LogP contribution in [0.5, 0.6) is 5.75 Å². The summed E-state index contributed by atoms with van der Waals surface area (Å²) in [7, 11) is 2.67. The van der Waals surface area contributed by atoms with Crippen molar-refractivity contribution in [3.8, 4) is 11.8 Å². The van der Waals surface area contributed by atoms with Gasteiger partial charge in [-0.2, -0.15) is 5.26 Å². The van der Waals surface area contributed by atoms with Gasteiger partial charge in [0.25, 0.3) is 0 Å².